The standard InChI is InChI=1S/C16H14ClNO4/c1-15-6-7-16(8-19,22-15)12-11(15)13(20)18(14(12)21)10-5-3-2-4-9(10)17/h2-7,11-12,19H,8H2,1H3/t11-,12+,15+,16+/m1/s1. The van der Waals surface area contributed by atoms with Gasteiger partial charge >= 0.3 is 0 Å². The van der Waals surface area contributed by atoms with E-state index in [9.17, 15) is 14.7 Å². The Balaban J connectivity index is 1.84. The third-order valence-corrected chi connectivity index (χ3v) is 5.22. The van der Waals surface area contributed by atoms with E-state index in [1.807, 2.05) is 0 Å². The maximum Gasteiger partial charge on any atom is 0.241 e. The van der Waals surface area contributed by atoms with Gasteiger partial charge < -0.3 is 9.84 Å². The van der Waals surface area contributed by atoms with E-state index in [2.05, 4.69) is 0 Å². The average Bonchev–Trinajstić information content (AvgIpc) is 3.07. The highest BCUT2D eigenvalue weighted by atomic mass is 35.5. The van der Waals surface area contributed by atoms with Crippen molar-refractivity contribution in [1.29, 1.82) is 0 Å². The van der Waals surface area contributed by atoms with Crippen LogP contribution in [0.3, 0.4) is 0 Å². The van der Waals surface area contributed by atoms with Crippen molar-refractivity contribution < 1.29 is 19.4 Å². The first-order valence-electron chi connectivity index (χ1n) is 7.07. The minimum Gasteiger partial charge on any atom is -0.393 e. The first-order chi connectivity index (χ1) is 10.4. The van der Waals surface area contributed by atoms with E-state index >= 15 is 0 Å². The van der Waals surface area contributed by atoms with Crippen molar-refractivity contribution in [2.24, 2.45) is 11.8 Å². The average molecular weight is 320 g/mol. The molecular weight excluding hydrogens is 306 g/mol. The molecule has 1 aromatic rings. The second-order valence-electron chi connectivity index (χ2n) is 6.15. The number of hydrogen-bond donors (Lipinski definition) is 1. The summed E-state index contributed by atoms with van der Waals surface area (Å²) in [4.78, 5) is 26.9. The highest BCUT2D eigenvalue weighted by molar-refractivity contribution is 6.36. The van der Waals surface area contributed by atoms with E-state index in [0.29, 0.717) is 10.7 Å². The van der Waals surface area contributed by atoms with Gasteiger partial charge in [0.1, 0.15) is 5.60 Å². The first-order valence-corrected chi connectivity index (χ1v) is 7.45. The molecule has 0 radical (unpaired) electrons. The molecule has 3 aliphatic heterocycles. The number of aliphatic hydroxyl groups is 1. The van der Waals surface area contributed by atoms with Crippen molar-refractivity contribution in [3.05, 3.63) is 41.4 Å². The number of hydrogen-bond acceptors (Lipinski definition) is 4. The molecule has 2 bridgehead atoms. The van der Waals surface area contributed by atoms with Gasteiger partial charge in [-0.25, -0.2) is 4.90 Å². The van der Waals surface area contributed by atoms with Crippen LogP contribution in [0.5, 0.6) is 0 Å². The Kier molecular flexibility index (Phi) is 2.65. The van der Waals surface area contributed by atoms with Crippen molar-refractivity contribution >= 4 is 29.1 Å². The van der Waals surface area contributed by atoms with Crippen LogP contribution in [0, 0.1) is 11.8 Å². The lowest BCUT2D eigenvalue weighted by molar-refractivity contribution is -0.131. The molecule has 3 heterocycles. The fourth-order valence-electron chi connectivity index (χ4n) is 3.91. The molecule has 2 fully saturated rings. The molecule has 3 aliphatic rings. The van der Waals surface area contributed by atoms with E-state index < -0.39 is 23.0 Å². The molecule has 4 atom stereocenters. The van der Waals surface area contributed by atoms with Crippen molar-refractivity contribution in [2.45, 2.75) is 18.1 Å². The Hall–Kier alpha value is -1.69. The Morgan fingerprint density at radius 3 is 2.59 bits per heavy atom. The number of carbonyl (C=O) groups is 2. The van der Waals surface area contributed by atoms with E-state index in [4.69, 9.17) is 16.3 Å². The largest absolute Gasteiger partial charge is 0.393 e. The molecule has 2 amide bonds. The van der Waals surface area contributed by atoms with E-state index in [0.717, 1.165) is 4.90 Å². The van der Waals surface area contributed by atoms with Gasteiger partial charge in [-0.2, -0.15) is 0 Å². The fourth-order valence-corrected chi connectivity index (χ4v) is 4.13. The topological polar surface area (TPSA) is 66.8 Å². The number of nitrogens with zero attached hydrogens (tertiary/aromatic N) is 1. The van der Waals surface area contributed by atoms with Crippen molar-refractivity contribution in [3.63, 3.8) is 0 Å². The zero-order chi connectivity index (χ0) is 15.7. The Morgan fingerprint density at radius 1 is 1.23 bits per heavy atom. The van der Waals surface area contributed by atoms with Crippen LogP contribution >= 0.6 is 11.6 Å². The first kappa shape index (κ1) is 13.9. The number of rotatable bonds is 2. The maximum atomic E-state index is 12.9. The highest BCUT2D eigenvalue weighted by Crippen LogP contribution is 2.57. The van der Waals surface area contributed by atoms with Gasteiger partial charge in [0.25, 0.3) is 0 Å². The van der Waals surface area contributed by atoms with Crippen molar-refractivity contribution in [1.82, 2.24) is 0 Å². The Bertz CT molecular complexity index is 733. The number of aliphatic hydroxyl groups excluding tert-OH is 1. The molecule has 0 unspecified atom stereocenters. The summed E-state index contributed by atoms with van der Waals surface area (Å²) < 4.78 is 5.86. The van der Waals surface area contributed by atoms with Gasteiger partial charge in [0.15, 0.2) is 0 Å². The second kappa shape index (κ2) is 4.19. The number of amides is 2. The predicted octanol–water partition coefficient (Wildman–Crippen LogP) is 1.54. The Morgan fingerprint density at radius 2 is 1.91 bits per heavy atom. The van der Waals surface area contributed by atoms with Crippen molar-refractivity contribution in [3.8, 4) is 0 Å². The lowest BCUT2D eigenvalue weighted by atomic mass is 9.73. The zero-order valence-electron chi connectivity index (χ0n) is 11.8. The van der Waals surface area contributed by atoms with Gasteiger partial charge in [0.05, 0.1) is 34.8 Å². The number of fused-ring (bicyclic) bond motifs is 5. The molecule has 0 aromatic heterocycles. The minimum absolute atomic E-state index is 0.328. The van der Waals surface area contributed by atoms with Gasteiger partial charge in [-0.15, -0.1) is 0 Å². The third kappa shape index (κ3) is 1.46. The third-order valence-electron chi connectivity index (χ3n) is 4.90. The van der Waals surface area contributed by atoms with Crippen LogP contribution < -0.4 is 4.90 Å². The maximum absolute atomic E-state index is 12.9. The predicted molar refractivity (Wildman–Crippen MR) is 79.4 cm³/mol. The SMILES string of the molecule is C[C@@]12C=C[C@@](CO)(O1)[C@@H]1C(=O)N(c3ccccc3Cl)C(=O)[C@@H]12. The van der Waals surface area contributed by atoms with Crippen LogP contribution in [-0.2, 0) is 14.3 Å². The summed E-state index contributed by atoms with van der Waals surface area (Å²) >= 11 is 6.14. The monoisotopic (exact) mass is 319 g/mol. The van der Waals surface area contributed by atoms with Gasteiger partial charge in [-0.1, -0.05) is 35.9 Å². The number of para-hydroxylation sites is 1. The van der Waals surface area contributed by atoms with Crippen LogP contribution in [0.2, 0.25) is 5.02 Å². The summed E-state index contributed by atoms with van der Waals surface area (Å²) in [7, 11) is 0. The lowest BCUT2D eigenvalue weighted by Gasteiger charge is -2.27. The second-order valence-corrected chi connectivity index (χ2v) is 6.56. The number of anilines is 1. The zero-order valence-corrected chi connectivity index (χ0v) is 12.6. The molecule has 0 spiro atoms. The molecule has 5 nitrogen and oxygen atoms in total. The molecule has 1 N–H and O–H groups in total. The van der Waals surface area contributed by atoms with Gasteiger partial charge in [-0.05, 0) is 19.1 Å². The quantitative estimate of drug-likeness (QED) is 0.663. The summed E-state index contributed by atoms with van der Waals surface area (Å²) in [6, 6.07) is 6.74. The number of imide groups is 1. The van der Waals surface area contributed by atoms with Crippen LogP contribution in [0.4, 0.5) is 5.69 Å². The molecule has 6 heteroatoms. The summed E-state index contributed by atoms with van der Waals surface area (Å²) in [6.07, 6.45) is 3.47. The summed E-state index contributed by atoms with van der Waals surface area (Å²) in [5, 5.41) is 10.1. The lowest BCUT2D eigenvalue weighted by Crippen LogP contribution is -2.43. The molecule has 0 saturated carbocycles. The van der Waals surface area contributed by atoms with Crippen molar-refractivity contribution in [2.75, 3.05) is 11.5 Å². The van der Waals surface area contributed by atoms with E-state index in [1.165, 1.54) is 0 Å². The fraction of sp³-hybridized carbons (Fsp3) is 0.375. The summed E-state index contributed by atoms with van der Waals surface area (Å²) in [5.41, 5.74) is -1.59. The van der Waals surface area contributed by atoms with Crippen LogP contribution in [-0.4, -0.2) is 34.7 Å². The smallest absolute Gasteiger partial charge is 0.241 e. The molecular formula is C16H14ClNO4. The van der Waals surface area contributed by atoms with Crippen LogP contribution in [0.1, 0.15) is 6.92 Å². The number of halogens is 1. The summed E-state index contributed by atoms with van der Waals surface area (Å²) in [5.74, 6) is -2.04. The minimum atomic E-state index is -1.11. The molecule has 114 valence electrons. The molecule has 22 heavy (non-hydrogen) atoms. The Labute approximate surface area is 132 Å². The van der Waals surface area contributed by atoms with Gasteiger partial charge in [-0.3, -0.25) is 9.59 Å². The normalized spacial score (nSPS) is 39.0. The van der Waals surface area contributed by atoms with Crippen LogP contribution in [0.25, 0.3) is 0 Å². The van der Waals surface area contributed by atoms with E-state index in [-0.39, 0.29) is 18.4 Å². The molecule has 2 saturated heterocycles. The number of benzene rings is 1. The number of carbonyl (C=O) groups excluding carboxylic acids is 2. The summed E-state index contributed by atoms with van der Waals surface area (Å²) in [6.45, 7) is 1.43. The number of ether oxygens (including phenoxy) is 1. The van der Waals surface area contributed by atoms with Gasteiger partial charge in [0.2, 0.25) is 11.8 Å². The molecule has 4 rings (SSSR count). The molecule has 0 aliphatic carbocycles. The van der Waals surface area contributed by atoms with Gasteiger partial charge in [0, 0.05) is 0 Å². The van der Waals surface area contributed by atoms with Crippen LogP contribution in [0.15, 0.2) is 36.4 Å². The van der Waals surface area contributed by atoms with E-state index in [1.54, 1.807) is 43.3 Å². The molecule has 1 aromatic carbocycles. The highest BCUT2D eigenvalue weighted by Gasteiger charge is 2.72.